The molecule has 2 aromatic rings. The summed E-state index contributed by atoms with van der Waals surface area (Å²) < 4.78 is 15.9. The van der Waals surface area contributed by atoms with Crippen LogP contribution in [0.15, 0.2) is 42.5 Å². The Morgan fingerprint density at radius 3 is 2.85 bits per heavy atom. The Balaban J connectivity index is 1.60. The summed E-state index contributed by atoms with van der Waals surface area (Å²) in [4.78, 5) is 24.1. The Labute approximate surface area is 157 Å². The van der Waals surface area contributed by atoms with Gasteiger partial charge in [-0.25, -0.2) is 9.59 Å². The molecule has 0 saturated heterocycles. The van der Waals surface area contributed by atoms with Crippen molar-refractivity contribution in [2.24, 2.45) is 0 Å². The molecule has 1 atom stereocenters. The quantitative estimate of drug-likeness (QED) is 0.790. The summed E-state index contributed by atoms with van der Waals surface area (Å²) in [5, 5.41) is 5.62. The normalized spacial score (nSPS) is 15.1. The standard InChI is InChI=1S/C20H22N2O5/c1-3-26-19(23)13-5-4-6-15(9-13)21-20(24)22-16-10-14-11-17(25-2)7-8-18(14)27-12-16/h4-9,11,16H,3,10,12H2,1-2H3,(H2,21,22,24)/t16-/m1/s1. The second kappa shape index (κ2) is 8.44. The number of esters is 1. The van der Waals surface area contributed by atoms with Crippen molar-refractivity contribution in [2.45, 2.75) is 19.4 Å². The highest BCUT2D eigenvalue weighted by Gasteiger charge is 2.22. The molecule has 0 bridgehead atoms. The van der Waals surface area contributed by atoms with Gasteiger partial charge in [0.05, 0.1) is 25.3 Å². The monoisotopic (exact) mass is 370 g/mol. The molecule has 7 nitrogen and oxygen atoms in total. The van der Waals surface area contributed by atoms with Gasteiger partial charge in [-0.2, -0.15) is 0 Å². The number of anilines is 1. The number of amides is 2. The fourth-order valence-corrected chi connectivity index (χ4v) is 2.88. The van der Waals surface area contributed by atoms with Crippen LogP contribution in [0.3, 0.4) is 0 Å². The van der Waals surface area contributed by atoms with Gasteiger partial charge >= 0.3 is 12.0 Å². The highest BCUT2D eigenvalue weighted by atomic mass is 16.5. The van der Waals surface area contributed by atoms with Crippen molar-refractivity contribution in [3.63, 3.8) is 0 Å². The number of carbonyl (C=O) groups is 2. The van der Waals surface area contributed by atoms with Crippen molar-refractivity contribution >= 4 is 17.7 Å². The van der Waals surface area contributed by atoms with Crippen LogP contribution in [-0.4, -0.2) is 38.4 Å². The lowest BCUT2D eigenvalue weighted by molar-refractivity contribution is 0.0526. The summed E-state index contributed by atoms with van der Waals surface area (Å²) in [6.45, 7) is 2.42. The molecule has 0 unspecified atom stereocenters. The molecule has 27 heavy (non-hydrogen) atoms. The molecule has 2 N–H and O–H groups in total. The minimum absolute atomic E-state index is 0.169. The van der Waals surface area contributed by atoms with Crippen LogP contribution in [0.1, 0.15) is 22.8 Å². The van der Waals surface area contributed by atoms with Crippen LogP contribution in [0.25, 0.3) is 0 Å². The third-order valence-corrected chi connectivity index (χ3v) is 4.14. The number of methoxy groups -OCH3 is 1. The molecule has 0 aliphatic carbocycles. The van der Waals surface area contributed by atoms with E-state index in [0.29, 0.717) is 30.9 Å². The van der Waals surface area contributed by atoms with E-state index in [1.807, 2.05) is 18.2 Å². The Bertz CT molecular complexity index is 837. The van der Waals surface area contributed by atoms with Gasteiger partial charge in [0.1, 0.15) is 18.1 Å². The fourth-order valence-electron chi connectivity index (χ4n) is 2.88. The average molecular weight is 370 g/mol. The van der Waals surface area contributed by atoms with Gasteiger partial charge in [0.2, 0.25) is 0 Å². The van der Waals surface area contributed by atoms with Crippen molar-refractivity contribution in [3.8, 4) is 11.5 Å². The average Bonchev–Trinajstić information content (AvgIpc) is 2.67. The molecular formula is C20H22N2O5. The van der Waals surface area contributed by atoms with Gasteiger partial charge in [0, 0.05) is 5.69 Å². The summed E-state index contributed by atoms with van der Waals surface area (Å²) >= 11 is 0. The van der Waals surface area contributed by atoms with E-state index in [2.05, 4.69) is 10.6 Å². The van der Waals surface area contributed by atoms with Crippen LogP contribution in [0.2, 0.25) is 0 Å². The smallest absolute Gasteiger partial charge is 0.338 e. The number of ether oxygens (including phenoxy) is 3. The lowest BCUT2D eigenvalue weighted by Gasteiger charge is -2.26. The highest BCUT2D eigenvalue weighted by molar-refractivity contribution is 5.94. The Hall–Kier alpha value is -3.22. The number of hydrogen-bond acceptors (Lipinski definition) is 5. The summed E-state index contributed by atoms with van der Waals surface area (Å²) in [7, 11) is 1.61. The number of rotatable bonds is 5. The van der Waals surface area contributed by atoms with Crippen LogP contribution in [-0.2, 0) is 11.2 Å². The molecule has 2 aromatic carbocycles. The van der Waals surface area contributed by atoms with Gasteiger partial charge in [-0.15, -0.1) is 0 Å². The molecule has 3 rings (SSSR count). The largest absolute Gasteiger partial charge is 0.497 e. The maximum absolute atomic E-state index is 12.3. The molecule has 1 aliphatic rings. The van der Waals surface area contributed by atoms with E-state index in [1.54, 1.807) is 38.3 Å². The molecule has 2 amide bonds. The van der Waals surface area contributed by atoms with Gasteiger partial charge in [-0.3, -0.25) is 0 Å². The van der Waals surface area contributed by atoms with Gasteiger partial charge in [-0.1, -0.05) is 6.07 Å². The molecule has 1 heterocycles. The second-order valence-corrected chi connectivity index (χ2v) is 6.09. The van der Waals surface area contributed by atoms with Crippen molar-refractivity contribution in [1.29, 1.82) is 0 Å². The zero-order valence-electron chi connectivity index (χ0n) is 15.3. The fraction of sp³-hybridized carbons (Fsp3) is 0.300. The molecule has 0 aromatic heterocycles. The first kappa shape index (κ1) is 18.6. The van der Waals surface area contributed by atoms with Gasteiger partial charge in [0.15, 0.2) is 0 Å². The maximum Gasteiger partial charge on any atom is 0.338 e. The first-order valence-corrected chi connectivity index (χ1v) is 8.73. The first-order chi connectivity index (χ1) is 13.1. The van der Waals surface area contributed by atoms with Crippen LogP contribution in [0.4, 0.5) is 10.5 Å². The van der Waals surface area contributed by atoms with E-state index in [0.717, 1.165) is 17.1 Å². The second-order valence-electron chi connectivity index (χ2n) is 6.09. The third kappa shape index (κ3) is 4.69. The molecule has 142 valence electrons. The molecule has 0 spiro atoms. The van der Waals surface area contributed by atoms with Crippen molar-refractivity contribution in [1.82, 2.24) is 5.32 Å². The zero-order valence-corrected chi connectivity index (χ0v) is 15.3. The van der Waals surface area contributed by atoms with Crippen LogP contribution in [0.5, 0.6) is 11.5 Å². The summed E-state index contributed by atoms with van der Waals surface area (Å²) in [5.41, 5.74) is 1.88. The third-order valence-electron chi connectivity index (χ3n) is 4.14. The minimum Gasteiger partial charge on any atom is -0.497 e. The Kier molecular flexibility index (Phi) is 5.80. The van der Waals surface area contributed by atoms with Gasteiger partial charge < -0.3 is 24.8 Å². The lowest BCUT2D eigenvalue weighted by Crippen LogP contribution is -2.44. The predicted molar refractivity (Wildman–Crippen MR) is 101 cm³/mol. The Morgan fingerprint density at radius 1 is 1.22 bits per heavy atom. The molecule has 1 aliphatic heterocycles. The lowest BCUT2D eigenvalue weighted by atomic mass is 10.0. The van der Waals surface area contributed by atoms with Crippen molar-refractivity contribution in [3.05, 3.63) is 53.6 Å². The van der Waals surface area contributed by atoms with Gasteiger partial charge in [-0.05, 0) is 55.3 Å². The van der Waals surface area contributed by atoms with Crippen LogP contribution < -0.4 is 20.1 Å². The van der Waals surface area contributed by atoms with Crippen LogP contribution in [0, 0.1) is 0 Å². The highest BCUT2D eigenvalue weighted by Crippen LogP contribution is 2.28. The van der Waals surface area contributed by atoms with E-state index in [9.17, 15) is 9.59 Å². The van der Waals surface area contributed by atoms with E-state index in [-0.39, 0.29) is 12.1 Å². The van der Waals surface area contributed by atoms with Crippen molar-refractivity contribution < 1.29 is 23.8 Å². The first-order valence-electron chi connectivity index (χ1n) is 8.73. The maximum atomic E-state index is 12.3. The summed E-state index contributed by atoms with van der Waals surface area (Å²) in [6.07, 6.45) is 0.642. The SMILES string of the molecule is CCOC(=O)c1cccc(NC(=O)N[C@H]2COc3ccc(OC)cc3C2)c1. The minimum atomic E-state index is -0.423. The summed E-state index contributed by atoms with van der Waals surface area (Å²) in [6, 6.07) is 11.7. The topological polar surface area (TPSA) is 85.9 Å². The molecule has 0 fully saturated rings. The molecule has 0 saturated carbocycles. The van der Waals surface area contributed by atoms with Gasteiger partial charge in [0.25, 0.3) is 0 Å². The van der Waals surface area contributed by atoms with Crippen molar-refractivity contribution in [2.75, 3.05) is 25.6 Å². The zero-order chi connectivity index (χ0) is 19.2. The number of hydrogen-bond donors (Lipinski definition) is 2. The Morgan fingerprint density at radius 2 is 2.07 bits per heavy atom. The number of carbonyl (C=O) groups excluding carboxylic acids is 2. The van der Waals surface area contributed by atoms with E-state index in [1.165, 1.54) is 0 Å². The van der Waals surface area contributed by atoms with E-state index in [4.69, 9.17) is 14.2 Å². The number of benzene rings is 2. The van der Waals surface area contributed by atoms with E-state index < -0.39 is 5.97 Å². The number of fused-ring (bicyclic) bond motifs is 1. The number of nitrogens with one attached hydrogen (secondary N) is 2. The predicted octanol–water partition coefficient (Wildman–Crippen LogP) is 3.00. The molecule has 7 heteroatoms. The summed E-state index contributed by atoms with van der Waals surface area (Å²) in [5.74, 6) is 1.13. The number of urea groups is 1. The molecular weight excluding hydrogens is 348 g/mol. The van der Waals surface area contributed by atoms with E-state index >= 15 is 0 Å². The molecule has 0 radical (unpaired) electrons. The van der Waals surface area contributed by atoms with Crippen LogP contribution >= 0.6 is 0 Å².